The quantitative estimate of drug-likeness (QED) is 0.0434. The molecule has 0 aliphatic heterocycles. The van der Waals surface area contributed by atoms with Crippen molar-refractivity contribution >= 4 is 5.91 Å². The van der Waals surface area contributed by atoms with Crippen LogP contribution in [0.4, 0.5) is 0 Å². The van der Waals surface area contributed by atoms with Gasteiger partial charge in [-0.25, -0.2) is 0 Å². The Kier molecular flexibility index (Phi) is 42.8. The highest BCUT2D eigenvalue weighted by atomic mass is 16.3. The molecule has 0 aliphatic carbocycles. The molecule has 0 saturated carbocycles. The van der Waals surface area contributed by atoms with Gasteiger partial charge in [-0.1, -0.05) is 251 Å². The van der Waals surface area contributed by atoms with E-state index in [9.17, 15) is 15.0 Å². The molecule has 0 aliphatic rings. The van der Waals surface area contributed by atoms with Crippen LogP contribution in [0, 0.1) is 0 Å². The zero-order valence-electron chi connectivity index (χ0n) is 34.9. The monoisotopic (exact) mass is 720 g/mol. The first kappa shape index (κ1) is 50.1. The molecule has 0 fully saturated rings. The predicted octanol–water partition coefficient (Wildman–Crippen LogP) is 14.6. The second kappa shape index (κ2) is 43.5. The Bertz CT molecular complexity index is 695. The summed E-state index contributed by atoms with van der Waals surface area (Å²) in [5.74, 6) is -0.0595. The lowest BCUT2D eigenvalue weighted by Gasteiger charge is -2.20. The standard InChI is InChI=1S/C47H93NO3/c1-3-5-7-9-11-13-15-17-19-20-21-22-23-24-25-26-27-29-30-32-34-36-38-40-42-46(50)45(44-49)48-47(51)43-41-39-37-35-33-31-28-18-16-14-12-10-8-6-4-2/h40,42,45-46,49-50H,3-39,41,43-44H2,1-2H3,(H,48,51)/b42-40+. The van der Waals surface area contributed by atoms with Gasteiger partial charge in [-0.2, -0.15) is 0 Å². The van der Waals surface area contributed by atoms with Crippen molar-refractivity contribution in [2.24, 2.45) is 0 Å². The van der Waals surface area contributed by atoms with E-state index in [1.165, 1.54) is 218 Å². The third kappa shape index (κ3) is 40.2. The normalized spacial score (nSPS) is 12.9. The molecule has 0 bridgehead atoms. The highest BCUT2D eigenvalue weighted by Gasteiger charge is 2.18. The summed E-state index contributed by atoms with van der Waals surface area (Å²) < 4.78 is 0. The Hall–Kier alpha value is -0.870. The molecule has 2 unspecified atom stereocenters. The van der Waals surface area contributed by atoms with Gasteiger partial charge in [0.05, 0.1) is 18.8 Å². The molecule has 0 saturated heterocycles. The van der Waals surface area contributed by atoms with Crippen LogP contribution in [0.2, 0.25) is 0 Å². The van der Waals surface area contributed by atoms with Gasteiger partial charge in [-0.3, -0.25) is 4.79 Å². The lowest BCUT2D eigenvalue weighted by Crippen LogP contribution is -2.45. The fraction of sp³-hybridized carbons (Fsp3) is 0.936. The fourth-order valence-electron chi connectivity index (χ4n) is 7.42. The molecule has 0 aromatic rings. The first-order valence-corrected chi connectivity index (χ1v) is 23.4. The average molecular weight is 720 g/mol. The first-order chi connectivity index (χ1) is 25.2. The van der Waals surface area contributed by atoms with Gasteiger partial charge in [0, 0.05) is 6.42 Å². The zero-order valence-corrected chi connectivity index (χ0v) is 34.9. The topological polar surface area (TPSA) is 69.6 Å². The Labute approximate surface area is 320 Å². The number of amides is 1. The van der Waals surface area contributed by atoms with Gasteiger partial charge in [-0.05, 0) is 19.3 Å². The minimum Gasteiger partial charge on any atom is -0.394 e. The van der Waals surface area contributed by atoms with Crippen molar-refractivity contribution < 1.29 is 15.0 Å². The summed E-state index contributed by atoms with van der Waals surface area (Å²) in [5, 5.41) is 23.0. The second-order valence-electron chi connectivity index (χ2n) is 16.2. The molecule has 0 aromatic carbocycles. The van der Waals surface area contributed by atoms with Crippen molar-refractivity contribution in [1.82, 2.24) is 5.32 Å². The zero-order chi connectivity index (χ0) is 37.1. The third-order valence-electron chi connectivity index (χ3n) is 11.0. The average Bonchev–Trinajstić information content (AvgIpc) is 3.13. The molecule has 0 spiro atoms. The van der Waals surface area contributed by atoms with Crippen LogP contribution in [0.25, 0.3) is 0 Å². The van der Waals surface area contributed by atoms with E-state index in [1.807, 2.05) is 6.08 Å². The maximum absolute atomic E-state index is 12.4. The minimum atomic E-state index is -0.834. The van der Waals surface area contributed by atoms with E-state index in [4.69, 9.17) is 0 Å². The van der Waals surface area contributed by atoms with E-state index in [0.717, 1.165) is 25.7 Å². The molecule has 2 atom stereocenters. The van der Waals surface area contributed by atoms with Gasteiger partial charge in [0.1, 0.15) is 0 Å². The molecule has 0 radical (unpaired) electrons. The minimum absolute atomic E-state index is 0.0595. The summed E-state index contributed by atoms with van der Waals surface area (Å²) in [5.41, 5.74) is 0. The molecule has 4 heteroatoms. The Balaban J connectivity index is 3.49. The molecule has 304 valence electrons. The van der Waals surface area contributed by atoms with Gasteiger partial charge in [0.2, 0.25) is 5.91 Å². The van der Waals surface area contributed by atoms with Crippen LogP contribution in [0.5, 0.6) is 0 Å². The van der Waals surface area contributed by atoms with E-state index < -0.39 is 12.1 Å². The summed E-state index contributed by atoms with van der Waals surface area (Å²) in [4.78, 5) is 12.4. The summed E-state index contributed by atoms with van der Waals surface area (Å²) in [7, 11) is 0. The lowest BCUT2D eigenvalue weighted by atomic mass is 10.0. The molecular formula is C47H93NO3. The molecule has 3 N–H and O–H groups in total. The Morgan fingerprint density at radius 3 is 1.02 bits per heavy atom. The van der Waals surface area contributed by atoms with Crippen molar-refractivity contribution in [2.45, 2.75) is 276 Å². The smallest absolute Gasteiger partial charge is 0.220 e. The number of carbonyl (C=O) groups is 1. The fourth-order valence-corrected chi connectivity index (χ4v) is 7.42. The van der Waals surface area contributed by atoms with Crippen LogP contribution in [-0.4, -0.2) is 34.9 Å². The summed E-state index contributed by atoms with van der Waals surface area (Å²) in [6.45, 7) is 4.33. The van der Waals surface area contributed by atoms with Crippen molar-refractivity contribution in [3.05, 3.63) is 12.2 Å². The van der Waals surface area contributed by atoms with Crippen LogP contribution in [0.15, 0.2) is 12.2 Å². The molecule has 51 heavy (non-hydrogen) atoms. The number of aliphatic hydroxyl groups excluding tert-OH is 2. The number of rotatable bonds is 43. The Morgan fingerprint density at radius 2 is 0.725 bits per heavy atom. The molecule has 4 nitrogen and oxygen atoms in total. The maximum Gasteiger partial charge on any atom is 0.220 e. The number of unbranched alkanes of at least 4 members (excludes halogenated alkanes) is 36. The van der Waals surface area contributed by atoms with E-state index in [-0.39, 0.29) is 12.5 Å². The number of hydrogen-bond donors (Lipinski definition) is 3. The molecule has 1 amide bonds. The van der Waals surface area contributed by atoms with Gasteiger partial charge in [0.25, 0.3) is 0 Å². The number of nitrogens with one attached hydrogen (secondary N) is 1. The van der Waals surface area contributed by atoms with Crippen LogP contribution in [0.1, 0.15) is 264 Å². The second-order valence-corrected chi connectivity index (χ2v) is 16.2. The number of allylic oxidation sites excluding steroid dienone is 1. The van der Waals surface area contributed by atoms with Gasteiger partial charge >= 0.3 is 0 Å². The summed E-state index contributed by atoms with van der Waals surface area (Å²) in [6.07, 6.45) is 54.8. The first-order valence-electron chi connectivity index (χ1n) is 23.4. The lowest BCUT2D eigenvalue weighted by molar-refractivity contribution is -0.123. The highest BCUT2D eigenvalue weighted by Crippen LogP contribution is 2.17. The SMILES string of the molecule is CCCCCCCCCCCCCCCCCCCCCCCC/C=C/C(O)C(CO)NC(=O)CCCCCCCCCCCCCCCCC. The highest BCUT2D eigenvalue weighted by molar-refractivity contribution is 5.76. The van der Waals surface area contributed by atoms with Crippen LogP contribution in [0.3, 0.4) is 0 Å². The van der Waals surface area contributed by atoms with Gasteiger partial charge in [-0.15, -0.1) is 0 Å². The summed E-state index contributed by atoms with van der Waals surface area (Å²) >= 11 is 0. The van der Waals surface area contributed by atoms with Crippen molar-refractivity contribution in [2.75, 3.05) is 6.61 Å². The third-order valence-corrected chi connectivity index (χ3v) is 11.0. The van der Waals surface area contributed by atoms with E-state index in [0.29, 0.717) is 6.42 Å². The number of carbonyl (C=O) groups excluding carboxylic acids is 1. The van der Waals surface area contributed by atoms with E-state index in [2.05, 4.69) is 19.2 Å². The molecule has 0 rings (SSSR count). The van der Waals surface area contributed by atoms with Crippen molar-refractivity contribution in [3.63, 3.8) is 0 Å². The number of aliphatic hydroxyl groups is 2. The van der Waals surface area contributed by atoms with Gasteiger partial charge in [0.15, 0.2) is 0 Å². The largest absolute Gasteiger partial charge is 0.394 e. The maximum atomic E-state index is 12.4. The molecular weight excluding hydrogens is 627 g/mol. The van der Waals surface area contributed by atoms with Gasteiger partial charge < -0.3 is 15.5 Å². The summed E-state index contributed by atoms with van der Waals surface area (Å²) in [6, 6.07) is -0.616. The predicted molar refractivity (Wildman–Crippen MR) is 226 cm³/mol. The van der Waals surface area contributed by atoms with E-state index >= 15 is 0 Å². The Morgan fingerprint density at radius 1 is 0.451 bits per heavy atom. The molecule has 0 aromatic heterocycles. The molecule has 0 heterocycles. The van der Waals surface area contributed by atoms with Crippen molar-refractivity contribution in [1.29, 1.82) is 0 Å². The van der Waals surface area contributed by atoms with Crippen LogP contribution >= 0.6 is 0 Å². The van der Waals surface area contributed by atoms with E-state index in [1.54, 1.807) is 6.08 Å². The van der Waals surface area contributed by atoms with Crippen molar-refractivity contribution in [3.8, 4) is 0 Å². The number of hydrogen-bond acceptors (Lipinski definition) is 3. The van der Waals surface area contributed by atoms with Crippen LogP contribution < -0.4 is 5.32 Å². The van der Waals surface area contributed by atoms with Crippen LogP contribution in [-0.2, 0) is 4.79 Å².